The molecule has 1 aromatic rings. The minimum atomic E-state index is -2.14. The van der Waals surface area contributed by atoms with Gasteiger partial charge in [0.2, 0.25) is 6.16 Å². The Balaban J connectivity index is 2.66. The van der Waals surface area contributed by atoms with Gasteiger partial charge in [0.25, 0.3) is 0 Å². The predicted molar refractivity (Wildman–Crippen MR) is 58.4 cm³/mol. The molecule has 0 saturated carbocycles. The zero-order valence-electron chi connectivity index (χ0n) is 7.96. The number of aryl methyl sites for hydroxylation is 1. The average molecular weight is 280 g/mol. The van der Waals surface area contributed by atoms with E-state index in [1.807, 2.05) is 0 Å². The Labute approximate surface area is 92.1 Å². The number of nitrogens with zero attached hydrogens (tertiary/aromatic N) is 1. The van der Waals surface area contributed by atoms with E-state index in [9.17, 15) is 4.57 Å². The summed E-state index contributed by atoms with van der Waals surface area (Å²) in [4.78, 5) is 16.0. The first-order valence-corrected chi connectivity index (χ1v) is 6.69. The zero-order chi connectivity index (χ0) is 10.6. The van der Waals surface area contributed by atoms with Crippen LogP contribution in [0.25, 0.3) is 0 Å². The molecule has 0 aliphatic rings. The number of nitrogens with one attached hydrogen (secondary N) is 1. The van der Waals surface area contributed by atoms with Crippen LogP contribution in [0.1, 0.15) is 31.3 Å². The lowest BCUT2D eigenvalue weighted by Crippen LogP contribution is -1.87. The van der Waals surface area contributed by atoms with Crippen molar-refractivity contribution >= 4 is 24.0 Å². The maximum absolute atomic E-state index is 10.6. The fraction of sp³-hybridized carbons (Fsp3) is 0.625. The van der Waals surface area contributed by atoms with Gasteiger partial charge in [0.15, 0.2) is 0 Å². The van der Waals surface area contributed by atoms with Crippen molar-refractivity contribution in [1.82, 2.24) is 9.97 Å². The fourth-order valence-corrected chi connectivity index (χ4v) is 2.31. The first-order valence-electron chi connectivity index (χ1n) is 4.50. The number of aromatic nitrogens is 2. The highest BCUT2D eigenvalue weighted by Crippen LogP contribution is 2.25. The van der Waals surface area contributed by atoms with Crippen LogP contribution in [0.4, 0.5) is 0 Å². The van der Waals surface area contributed by atoms with Crippen LogP contribution in [0.2, 0.25) is 0 Å². The highest BCUT2D eigenvalue weighted by atomic mass is 79.9. The second-order valence-electron chi connectivity index (χ2n) is 3.07. The van der Waals surface area contributed by atoms with E-state index in [2.05, 4.69) is 32.8 Å². The van der Waals surface area contributed by atoms with E-state index >= 15 is 0 Å². The van der Waals surface area contributed by atoms with Crippen molar-refractivity contribution in [3.05, 3.63) is 16.1 Å². The van der Waals surface area contributed by atoms with Gasteiger partial charge in [-0.3, -0.25) is 0 Å². The summed E-state index contributed by atoms with van der Waals surface area (Å²) in [7, 11) is -2.14. The van der Waals surface area contributed by atoms with Crippen LogP contribution in [0.5, 0.6) is 0 Å². The molecule has 6 heteroatoms. The SMILES string of the molecule is CCCCc1nc(Br)c(C[P+](=O)O)[nH]1. The standard InChI is InChI=1S/C8H12BrN2O2P/c1-2-3-4-7-10-6(5-14(12)13)8(9)11-7/h2-5H2,1H3,(H-,10,11,12,13)/p+1. The molecule has 1 atom stereocenters. The monoisotopic (exact) mass is 279 g/mol. The van der Waals surface area contributed by atoms with Gasteiger partial charge in [-0.1, -0.05) is 13.3 Å². The molecule has 0 aliphatic carbocycles. The quantitative estimate of drug-likeness (QED) is 0.815. The fourth-order valence-electron chi connectivity index (χ4n) is 1.14. The van der Waals surface area contributed by atoms with Crippen LogP contribution in [-0.4, -0.2) is 14.9 Å². The van der Waals surface area contributed by atoms with Gasteiger partial charge in [0.05, 0.1) is 0 Å². The maximum atomic E-state index is 10.6. The van der Waals surface area contributed by atoms with E-state index in [4.69, 9.17) is 4.89 Å². The van der Waals surface area contributed by atoms with Gasteiger partial charge in [0.1, 0.15) is 16.1 Å². The van der Waals surface area contributed by atoms with Gasteiger partial charge in [-0.25, -0.2) is 4.98 Å². The van der Waals surface area contributed by atoms with E-state index in [1.165, 1.54) is 0 Å². The molecule has 2 N–H and O–H groups in total. The molecular weight excluding hydrogens is 267 g/mol. The Kier molecular flexibility index (Phi) is 4.72. The summed E-state index contributed by atoms with van der Waals surface area (Å²) in [5.74, 6) is 0.880. The van der Waals surface area contributed by atoms with Crippen LogP contribution < -0.4 is 0 Å². The molecule has 1 unspecified atom stereocenters. The van der Waals surface area contributed by atoms with Crippen LogP contribution in [-0.2, 0) is 17.1 Å². The lowest BCUT2D eigenvalue weighted by Gasteiger charge is -1.91. The number of imidazole rings is 1. The van der Waals surface area contributed by atoms with Crippen molar-refractivity contribution in [2.75, 3.05) is 0 Å². The molecule has 0 fully saturated rings. The molecular formula is C8H13BrN2O2P+. The molecule has 4 nitrogen and oxygen atoms in total. The second kappa shape index (κ2) is 5.59. The Hall–Kier alpha value is -0.250. The van der Waals surface area contributed by atoms with Gasteiger partial charge in [-0.2, -0.15) is 4.89 Å². The molecule has 0 radical (unpaired) electrons. The molecule has 1 aromatic heterocycles. The third-order valence-corrected chi connectivity index (χ3v) is 3.08. The molecule has 1 heterocycles. The van der Waals surface area contributed by atoms with Crippen molar-refractivity contribution in [2.24, 2.45) is 0 Å². The number of hydrogen-bond donors (Lipinski definition) is 2. The van der Waals surface area contributed by atoms with Gasteiger partial charge >= 0.3 is 8.03 Å². The molecule has 0 aromatic carbocycles. The van der Waals surface area contributed by atoms with Gasteiger partial charge in [-0.15, -0.1) is 0 Å². The molecule has 0 saturated heterocycles. The molecule has 78 valence electrons. The van der Waals surface area contributed by atoms with Crippen molar-refractivity contribution in [3.8, 4) is 0 Å². The minimum absolute atomic E-state index is 0.134. The summed E-state index contributed by atoms with van der Waals surface area (Å²) in [5.41, 5.74) is 0.708. The highest BCUT2D eigenvalue weighted by Gasteiger charge is 2.18. The Bertz CT molecular complexity index is 327. The summed E-state index contributed by atoms with van der Waals surface area (Å²) >= 11 is 3.26. The van der Waals surface area contributed by atoms with Crippen LogP contribution in [0.15, 0.2) is 4.60 Å². The Morgan fingerprint density at radius 2 is 2.36 bits per heavy atom. The Morgan fingerprint density at radius 1 is 1.64 bits per heavy atom. The minimum Gasteiger partial charge on any atom is -0.341 e. The van der Waals surface area contributed by atoms with E-state index < -0.39 is 8.03 Å². The molecule has 0 aliphatic heterocycles. The molecule has 0 spiro atoms. The van der Waals surface area contributed by atoms with Crippen molar-refractivity contribution in [3.63, 3.8) is 0 Å². The van der Waals surface area contributed by atoms with Gasteiger partial charge in [-0.05, 0) is 26.9 Å². The van der Waals surface area contributed by atoms with Gasteiger partial charge in [0, 0.05) is 6.42 Å². The van der Waals surface area contributed by atoms with Crippen molar-refractivity contribution in [2.45, 2.75) is 32.3 Å². The number of hydrogen-bond acceptors (Lipinski definition) is 2. The average Bonchev–Trinajstić information content (AvgIpc) is 2.43. The number of unbranched alkanes of at least 4 members (excludes halogenated alkanes) is 1. The number of H-pyrrole nitrogens is 1. The summed E-state index contributed by atoms with van der Waals surface area (Å²) in [6.07, 6.45) is 3.21. The third-order valence-electron chi connectivity index (χ3n) is 1.84. The topological polar surface area (TPSA) is 66.0 Å². The lowest BCUT2D eigenvalue weighted by atomic mass is 10.2. The predicted octanol–water partition coefficient (Wildman–Crippen LogP) is 2.75. The van der Waals surface area contributed by atoms with E-state index in [0.29, 0.717) is 10.3 Å². The van der Waals surface area contributed by atoms with Crippen molar-refractivity contribution in [1.29, 1.82) is 0 Å². The summed E-state index contributed by atoms with van der Waals surface area (Å²) in [5, 5.41) is 0. The maximum Gasteiger partial charge on any atom is 0.511 e. The molecule has 1 rings (SSSR count). The molecule has 0 bridgehead atoms. The largest absolute Gasteiger partial charge is 0.511 e. The van der Waals surface area contributed by atoms with Crippen molar-refractivity contribution < 1.29 is 9.46 Å². The lowest BCUT2D eigenvalue weighted by molar-refractivity contribution is 0.501. The van der Waals surface area contributed by atoms with Crippen LogP contribution in [0.3, 0.4) is 0 Å². The first-order chi connectivity index (χ1) is 6.63. The second-order valence-corrected chi connectivity index (χ2v) is 4.84. The summed E-state index contributed by atoms with van der Waals surface area (Å²) in [6.45, 7) is 2.11. The van der Waals surface area contributed by atoms with Crippen LogP contribution >= 0.6 is 24.0 Å². The first kappa shape index (κ1) is 11.8. The molecule has 0 amide bonds. The van der Waals surface area contributed by atoms with Gasteiger partial charge < -0.3 is 4.98 Å². The number of rotatable bonds is 5. The smallest absolute Gasteiger partial charge is 0.341 e. The number of aromatic amines is 1. The zero-order valence-corrected chi connectivity index (χ0v) is 10.4. The van der Waals surface area contributed by atoms with E-state index in [-0.39, 0.29) is 6.16 Å². The van der Waals surface area contributed by atoms with Crippen LogP contribution in [0, 0.1) is 0 Å². The normalized spacial score (nSPS) is 11.8. The Morgan fingerprint density at radius 3 is 2.93 bits per heavy atom. The highest BCUT2D eigenvalue weighted by molar-refractivity contribution is 9.10. The third kappa shape index (κ3) is 3.48. The van der Waals surface area contributed by atoms with E-state index in [1.54, 1.807) is 0 Å². The van der Waals surface area contributed by atoms with E-state index in [0.717, 1.165) is 25.1 Å². The summed E-state index contributed by atoms with van der Waals surface area (Å²) < 4.78 is 11.3. The number of halogens is 1. The molecule has 14 heavy (non-hydrogen) atoms. The summed E-state index contributed by atoms with van der Waals surface area (Å²) in [6, 6.07) is 0.